The third-order valence-electron chi connectivity index (χ3n) is 4.82. The third kappa shape index (κ3) is 4.73. The fourth-order valence-electron chi connectivity index (χ4n) is 3.31. The number of hydrogen-bond acceptors (Lipinski definition) is 4. The van der Waals surface area contributed by atoms with Crippen LogP contribution in [0.4, 0.5) is 0 Å². The Labute approximate surface area is 164 Å². The Hall–Kier alpha value is -2.24. The molecule has 0 aromatic heterocycles. The zero-order chi connectivity index (χ0) is 19.2. The normalized spacial score (nSPS) is 15.3. The van der Waals surface area contributed by atoms with E-state index in [0.29, 0.717) is 49.2 Å². The lowest BCUT2D eigenvalue weighted by atomic mass is 9.87. The van der Waals surface area contributed by atoms with Crippen LogP contribution in [0.5, 0.6) is 11.5 Å². The lowest BCUT2D eigenvalue weighted by Crippen LogP contribution is -2.41. The van der Waals surface area contributed by atoms with E-state index >= 15 is 0 Å². The van der Waals surface area contributed by atoms with Crippen LogP contribution in [0.3, 0.4) is 0 Å². The molecule has 0 aliphatic carbocycles. The monoisotopic (exact) mass is 389 g/mol. The van der Waals surface area contributed by atoms with Gasteiger partial charge in [0.1, 0.15) is 0 Å². The van der Waals surface area contributed by atoms with E-state index in [4.69, 9.17) is 25.8 Å². The third-order valence-corrected chi connectivity index (χ3v) is 5.08. The maximum absolute atomic E-state index is 12.9. The SMILES string of the molecule is COc1ccc(C(CC(=O)N2CCOCC2)c2ccc(Cl)cc2)cc1OC. The lowest BCUT2D eigenvalue weighted by molar-refractivity contribution is -0.135. The van der Waals surface area contributed by atoms with Gasteiger partial charge in [0.15, 0.2) is 11.5 Å². The molecule has 1 unspecified atom stereocenters. The van der Waals surface area contributed by atoms with Crippen molar-refractivity contribution in [3.8, 4) is 11.5 Å². The first-order chi connectivity index (χ1) is 13.1. The highest BCUT2D eigenvalue weighted by Gasteiger charge is 2.24. The lowest BCUT2D eigenvalue weighted by Gasteiger charge is -2.29. The molecule has 2 aromatic rings. The summed E-state index contributed by atoms with van der Waals surface area (Å²) < 4.78 is 16.1. The molecule has 1 aliphatic heterocycles. The first-order valence-corrected chi connectivity index (χ1v) is 9.33. The number of rotatable bonds is 6. The molecule has 0 radical (unpaired) electrons. The van der Waals surface area contributed by atoms with Gasteiger partial charge in [0.2, 0.25) is 5.91 Å². The van der Waals surface area contributed by atoms with Crippen molar-refractivity contribution in [1.29, 1.82) is 0 Å². The van der Waals surface area contributed by atoms with Crippen molar-refractivity contribution in [3.05, 3.63) is 58.6 Å². The van der Waals surface area contributed by atoms with E-state index in [1.807, 2.05) is 47.4 Å². The number of hydrogen-bond donors (Lipinski definition) is 0. The van der Waals surface area contributed by atoms with Crippen LogP contribution in [0, 0.1) is 0 Å². The van der Waals surface area contributed by atoms with Crippen molar-refractivity contribution < 1.29 is 19.0 Å². The average molecular weight is 390 g/mol. The number of halogens is 1. The molecule has 1 amide bonds. The second-order valence-electron chi connectivity index (χ2n) is 6.42. The average Bonchev–Trinajstić information content (AvgIpc) is 2.72. The summed E-state index contributed by atoms with van der Waals surface area (Å²) in [6, 6.07) is 13.4. The number of carbonyl (C=O) groups is 1. The molecule has 3 rings (SSSR count). The number of amides is 1. The molecule has 1 aliphatic rings. The van der Waals surface area contributed by atoms with Crippen LogP contribution in [0.1, 0.15) is 23.5 Å². The minimum Gasteiger partial charge on any atom is -0.493 e. The Morgan fingerprint density at radius 3 is 2.30 bits per heavy atom. The number of ether oxygens (including phenoxy) is 3. The predicted octanol–water partition coefficient (Wildman–Crippen LogP) is 3.74. The maximum atomic E-state index is 12.9. The summed E-state index contributed by atoms with van der Waals surface area (Å²) >= 11 is 6.05. The summed E-state index contributed by atoms with van der Waals surface area (Å²) in [5, 5.41) is 0.671. The van der Waals surface area contributed by atoms with Gasteiger partial charge in [-0.1, -0.05) is 29.8 Å². The summed E-state index contributed by atoms with van der Waals surface area (Å²) in [7, 11) is 3.22. The van der Waals surface area contributed by atoms with Crippen molar-refractivity contribution in [1.82, 2.24) is 4.90 Å². The number of carbonyl (C=O) groups excluding carboxylic acids is 1. The van der Waals surface area contributed by atoms with Crippen LogP contribution in [0.25, 0.3) is 0 Å². The van der Waals surface area contributed by atoms with Crippen LogP contribution in [-0.2, 0) is 9.53 Å². The highest BCUT2D eigenvalue weighted by atomic mass is 35.5. The van der Waals surface area contributed by atoms with Crippen LogP contribution >= 0.6 is 11.6 Å². The van der Waals surface area contributed by atoms with Gasteiger partial charge in [-0.2, -0.15) is 0 Å². The molecule has 5 nitrogen and oxygen atoms in total. The number of morpholine rings is 1. The molecule has 1 fully saturated rings. The molecule has 0 saturated carbocycles. The largest absolute Gasteiger partial charge is 0.493 e. The highest BCUT2D eigenvalue weighted by Crippen LogP contribution is 2.35. The van der Waals surface area contributed by atoms with E-state index in [2.05, 4.69) is 0 Å². The molecule has 0 bridgehead atoms. The van der Waals surface area contributed by atoms with Crippen molar-refractivity contribution in [2.75, 3.05) is 40.5 Å². The van der Waals surface area contributed by atoms with Gasteiger partial charge in [0.05, 0.1) is 27.4 Å². The Morgan fingerprint density at radius 1 is 1.04 bits per heavy atom. The Bertz CT molecular complexity index is 772. The first-order valence-electron chi connectivity index (χ1n) is 8.95. The number of nitrogens with zero attached hydrogens (tertiary/aromatic N) is 1. The van der Waals surface area contributed by atoms with E-state index in [-0.39, 0.29) is 11.8 Å². The molecule has 144 valence electrons. The van der Waals surface area contributed by atoms with E-state index in [1.54, 1.807) is 14.2 Å². The quantitative estimate of drug-likeness (QED) is 0.755. The Kier molecular flexibility index (Phi) is 6.58. The fraction of sp³-hybridized carbons (Fsp3) is 0.381. The summed E-state index contributed by atoms with van der Waals surface area (Å²) in [5.41, 5.74) is 2.03. The number of methoxy groups -OCH3 is 2. The van der Waals surface area contributed by atoms with Crippen molar-refractivity contribution in [2.24, 2.45) is 0 Å². The Balaban J connectivity index is 1.92. The number of benzene rings is 2. The van der Waals surface area contributed by atoms with Crippen LogP contribution < -0.4 is 9.47 Å². The minimum absolute atomic E-state index is 0.0996. The summed E-state index contributed by atoms with van der Waals surface area (Å²) in [6.45, 7) is 2.46. The second kappa shape index (κ2) is 9.11. The second-order valence-corrected chi connectivity index (χ2v) is 6.85. The van der Waals surface area contributed by atoms with Gasteiger partial charge in [-0.05, 0) is 35.4 Å². The molecule has 27 heavy (non-hydrogen) atoms. The predicted molar refractivity (Wildman–Crippen MR) is 105 cm³/mol. The van der Waals surface area contributed by atoms with Crippen molar-refractivity contribution in [2.45, 2.75) is 12.3 Å². The fourth-order valence-corrected chi connectivity index (χ4v) is 3.44. The molecule has 2 aromatic carbocycles. The first kappa shape index (κ1) is 19.5. The molecule has 1 heterocycles. The molecule has 1 saturated heterocycles. The van der Waals surface area contributed by atoms with Gasteiger partial charge in [-0.25, -0.2) is 0 Å². The van der Waals surface area contributed by atoms with Crippen LogP contribution in [0.15, 0.2) is 42.5 Å². The summed E-state index contributed by atoms with van der Waals surface area (Å²) in [6.07, 6.45) is 0.372. The topological polar surface area (TPSA) is 48.0 Å². The minimum atomic E-state index is -0.0996. The molecule has 1 atom stereocenters. The molecule has 0 N–H and O–H groups in total. The van der Waals surface area contributed by atoms with E-state index in [9.17, 15) is 4.79 Å². The van der Waals surface area contributed by atoms with E-state index < -0.39 is 0 Å². The summed E-state index contributed by atoms with van der Waals surface area (Å²) in [5.74, 6) is 1.33. The standard InChI is InChI=1S/C21H24ClNO4/c1-25-19-8-5-16(13-20(19)26-2)18(15-3-6-17(22)7-4-15)14-21(24)23-9-11-27-12-10-23/h3-8,13,18H,9-12,14H2,1-2H3. The van der Waals surface area contributed by atoms with Gasteiger partial charge in [0.25, 0.3) is 0 Å². The molecule has 6 heteroatoms. The van der Waals surface area contributed by atoms with E-state index in [1.165, 1.54) is 0 Å². The smallest absolute Gasteiger partial charge is 0.223 e. The van der Waals surface area contributed by atoms with Gasteiger partial charge < -0.3 is 19.1 Å². The van der Waals surface area contributed by atoms with E-state index in [0.717, 1.165) is 11.1 Å². The van der Waals surface area contributed by atoms with Crippen molar-refractivity contribution >= 4 is 17.5 Å². The summed E-state index contributed by atoms with van der Waals surface area (Å²) in [4.78, 5) is 14.8. The van der Waals surface area contributed by atoms with Gasteiger partial charge in [-0.3, -0.25) is 4.79 Å². The molecular weight excluding hydrogens is 366 g/mol. The van der Waals surface area contributed by atoms with Crippen molar-refractivity contribution in [3.63, 3.8) is 0 Å². The van der Waals surface area contributed by atoms with Crippen LogP contribution in [0.2, 0.25) is 5.02 Å². The van der Waals surface area contributed by atoms with Gasteiger partial charge in [0, 0.05) is 30.5 Å². The van der Waals surface area contributed by atoms with Crippen LogP contribution in [-0.4, -0.2) is 51.3 Å². The molecule has 0 spiro atoms. The zero-order valence-corrected chi connectivity index (χ0v) is 16.4. The maximum Gasteiger partial charge on any atom is 0.223 e. The highest BCUT2D eigenvalue weighted by molar-refractivity contribution is 6.30. The Morgan fingerprint density at radius 2 is 1.67 bits per heavy atom. The van der Waals surface area contributed by atoms with Gasteiger partial charge >= 0.3 is 0 Å². The zero-order valence-electron chi connectivity index (χ0n) is 15.6. The van der Waals surface area contributed by atoms with Gasteiger partial charge in [-0.15, -0.1) is 0 Å². The molecular formula is C21H24ClNO4.